The predicted octanol–water partition coefficient (Wildman–Crippen LogP) is -3.30. The summed E-state index contributed by atoms with van der Waals surface area (Å²) in [6, 6.07) is 0. The average Bonchev–Trinajstić information content (AvgIpc) is 2.20. The molecule has 1 heterocycles. The van der Waals surface area contributed by atoms with Gasteiger partial charge in [-0.1, -0.05) is 0 Å². The molecule has 0 bridgehead atoms. The highest BCUT2D eigenvalue weighted by Gasteiger charge is 2.53. The second-order valence-electron chi connectivity index (χ2n) is 3.61. The Morgan fingerprint density at radius 2 is 1.93 bits per heavy atom. The van der Waals surface area contributed by atoms with E-state index in [0.717, 1.165) is 6.92 Å². The molecule has 1 fully saturated rings. The Labute approximate surface area is 86.1 Å². The molecule has 0 aromatic heterocycles. The number of aliphatic hydroxyl groups excluding tert-OH is 4. The molecule has 88 valence electrons. The fraction of sp³-hybridized carbons (Fsp3) is 0.875. The first-order valence-corrected chi connectivity index (χ1v) is 4.47. The summed E-state index contributed by atoms with van der Waals surface area (Å²) in [6.45, 7) is 0.471. The Balaban J connectivity index is 2.97. The Hall–Kier alpha value is -0.570. The van der Waals surface area contributed by atoms with Crippen LogP contribution in [0.15, 0.2) is 0 Å². The van der Waals surface area contributed by atoms with Gasteiger partial charge in [0.25, 0.3) is 0 Å². The van der Waals surface area contributed by atoms with Crippen molar-refractivity contribution in [3.63, 3.8) is 0 Å². The van der Waals surface area contributed by atoms with Gasteiger partial charge in [-0.3, -0.25) is 10.5 Å². The van der Waals surface area contributed by atoms with E-state index in [-0.39, 0.29) is 0 Å². The predicted molar refractivity (Wildman–Crippen MR) is 47.6 cm³/mol. The second-order valence-corrected chi connectivity index (χ2v) is 3.61. The molecular formula is C8H15NO6. The standard InChI is InChI=1S/C8H15NO6/c1-3(11)8(9)7(14)6(13)5(12)4(2-10)15-8/h4-7,10,12-14H,2,9H2,1H3/t4-,5-,6+,7-,8-/m1/s1. The number of ether oxygens (including phenoxy) is 1. The molecular weight excluding hydrogens is 206 g/mol. The first kappa shape index (κ1) is 12.5. The lowest BCUT2D eigenvalue weighted by Gasteiger charge is -2.44. The molecule has 7 nitrogen and oxygen atoms in total. The fourth-order valence-electron chi connectivity index (χ4n) is 1.49. The number of Topliss-reactive ketones (excluding diaryl/α,β-unsaturated/α-hetero) is 1. The van der Waals surface area contributed by atoms with Crippen molar-refractivity contribution in [2.24, 2.45) is 5.73 Å². The van der Waals surface area contributed by atoms with Crippen LogP contribution in [0.1, 0.15) is 6.92 Å². The van der Waals surface area contributed by atoms with Crippen LogP contribution in [0.25, 0.3) is 0 Å². The minimum absolute atomic E-state index is 0.614. The number of ketones is 1. The summed E-state index contributed by atoms with van der Waals surface area (Å²) < 4.78 is 4.90. The van der Waals surface area contributed by atoms with Crippen LogP contribution in [0, 0.1) is 0 Å². The molecule has 15 heavy (non-hydrogen) atoms. The van der Waals surface area contributed by atoms with E-state index in [1.165, 1.54) is 0 Å². The van der Waals surface area contributed by atoms with Gasteiger partial charge in [-0.15, -0.1) is 0 Å². The van der Waals surface area contributed by atoms with Crippen molar-refractivity contribution in [3.8, 4) is 0 Å². The quantitative estimate of drug-likeness (QED) is 0.330. The molecule has 1 rings (SSSR count). The van der Waals surface area contributed by atoms with E-state index in [4.69, 9.17) is 15.6 Å². The van der Waals surface area contributed by atoms with E-state index in [1.54, 1.807) is 0 Å². The minimum atomic E-state index is -2.09. The van der Waals surface area contributed by atoms with E-state index in [2.05, 4.69) is 0 Å². The molecule has 0 saturated carbocycles. The molecule has 6 N–H and O–H groups in total. The van der Waals surface area contributed by atoms with Gasteiger partial charge in [0.2, 0.25) is 5.72 Å². The molecule has 0 radical (unpaired) electrons. The molecule has 1 saturated heterocycles. The number of hydrogen-bond donors (Lipinski definition) is 5. The smallest absolute Gasteiger partial charge is 0.205 e. The molecule has 5 atom stereocenters. The third kappa shape index (κ3) is 1.89. The number of nitrogens with two attached hydrogens (primary N) is 1. The molecule has 7 heteroatoms. The van der Waals surface area contributed by atoms with Gasteiger partial charge in [0.1, 0.15) is 24.4 Å². The Bertz CT molecular complexity index is 258. The lowest BCUT2D eigenvalue weighted by atomic mass is 9.89. The van der Waals surface area contributed by atoms with Crippen LogP contribution >= 0.6 is 0 Å². The van der Waals surface area contributed by atoms with Crippen molar-refractivity contribution in [2.75, 3.05) is 6.61 Å². The van der Waals surface area contributed by atoms with Gasteiger partial charge >= 0.3 is 0 Å². The van der Waals surface area contributed by atoms with E-state index < -0.39 is 42.5 Å². The maximum absolute atomic E-state index is 11.2. The number of carbonyl (C=O) groups excluding carboxylic acids is 1. The van der Waals surface area contributed by atoms with E-state index in [1.807, 2.05) is 0 Å². The number of rotatable bonds is 2. The molecule has 1 aliphatic rings. The van der Waals surface area contributed by atoms with Crippen molar-refractivity contribution in [1.29, 1.82) is 0 Å². The molecule has 0 aromatic carbocycles. The third-order valence-electron chi connectivity index (χ3n) is 2.57. The summed E-state index contributed by atoms with van der Waals surface area (Å²) in [6.07, 6.45) is -6.05. The lowest BCUT2D eigenvalue weighted by Crippen LogP contribution is -2.71. The monoisotopic (exact) mass is 221 g/mol. The minimum Gasteiger partial charge on any atom is -0.394 e. The maximum Gasteiger partial charge on any atom is 0.205 e. The van der Waals surface area contributed by atoms with Gasteiger partial charge in [0.15, 0.2) is 5.78 Å². The Morgan fingerprint density at radius 3 is 2.33 bits per heavy atom. The highest BCUT2D eigenvalue weighted by atomic mass is 16.6. The fourth-order valence-corrected chi connectivity index (χ4v) is 1.49. The molecule has 0 amide bonds. The van der Waals surface area contributed by atoms with Crippen molar-refractivity contribution in [2.45, 2.75) is 37.1 Å². The zero-order valence-corrected chi connectivity index (χ0v) is 8.20. The average molecular weight is 221 g/mol. The second kappa shape index (κ2) is 4.12. The molecule has 0 unspecified atom stereocenters. The van der Waals surface area contributed by atoms with Gasteiger partial charge in [0.05, 0.1) is 6.61 Å². The number of carbonyl (C=O) groups is 1. The Kier molecular flexibility index (Phi) is 3.44. The van der Waals surface area contributed by atoms with Gasteiger partial charge in [0, 0.05) is 0 Å². The van der Waals surface area contributed by atoms with Crippen LogP contribution in [-0.4, -0.2) is 63.0 Å². The molecule has 1 aliphatic heterocycles. The summed E-state index contributed by atoms with van der Waals surface area (Å²) in [4.78, 5) is 11.2. The maximum atomic E-state index is 11.2. The topological polar surface area (TPSA) is 133 Å². The highest BCUT2D eigenvalue weighted by molar-refractivity contribution is 5.85. The summed E-state index contributed by atoms with van der Waals surface area (Å²) in [5.74, 6) is -0.695. The number of aliphatic hydroxyl groups is 4. The van der Waals surface area contributed by atoms with E-state index in [9.17, 15) is 20.1 Å². The third-order valence-corrected chi connectivity index (χ3v) is 2.57. The summed E-state index contributed by atoms with van der Waals surface area (Å²) in [5.41, 5.74) is 3.37. The molecule has 0 aliphatic carbocycles. The zero-order chi connectivity index (χ0) is 11.8. The van der Waals surface area contributed by atoms with Crippen LogP contribution in [0.5, 0.6) is 0 Å². The van der Waals surface area contributed by atoms with Crippen molar-refractivity contribution < 1.29 is 30.0 Å². The lowest BCUT2D eigenvalue weighted by molar-refractivity contribution is -0.262. The first-order valence-electron chi connectivity index (χ1n) is 4.47. The van der Waals surface area contributed by atoms with Crippen LogP contribution in [0.2, 0.25) is 0 Å². The number of hydrogen-bond acceptors (Lipinski definition) is 7. The first-order chi connectivity index (χ1) is 6.84. The summed E-state index contributed by atoms with van der Waals surface area (Å²) in [7, 11) is 0. The van der Waals surface area contributed by atoms with E-state index >= 15 is 0 Å². The largest absolute Gasteiger partial charge is 0.394 e. The van der Waals surface area contributed by atoms with Gasteiger partial charge in [-0.2, -0.15) is 0 Å². The SMILES string of the molecule is CC(=O)[C@@]1(N)O[C@H](CO)[C@@H](O)[C@H](O)[C@H]1O. The summed E-state index contributed by atoms with van der Waals surface area (Å²) in [5, 5.41) is 37.1. The van der Waals surface area contributed by atoms with Crippen molar-refractivity contribution >= 4 is 5.78 Å². The van der Waals surface area contributed by atoms with Gasteiger partial charge in [-0.25, -0.2) is 0 Å². The van der Waals surface area contributed by atoms with Crippen LogP contribution in [-0.2, 0) is 9.53 Å². The van der Waals surface area contributed by atoms with Crippen molar-refractivity contribution in [1.82, 2.24) is 0 Å². The normalized spacial score (nSPS) is 46.5. The zero-order valence-electron chi connectivity index (χ0n) is 8.20. The van der Waals surface area contributed by atoms with Crippen LogP contribution in [0.3, 0.4) is 0 Å². The Morgan fingerprint density at radius 1 is 1.40 bits per heavy atom. The van der Waals surface area contributed by atoms with Crippen LogP contribution in [0.4, 0.5) is 0 Å². The highest BCUT2D eigenvalue weighted by Crippen LogP contribution is 2.26. The molecule has 0 spiro atoms. The van der Waals surface area contributed by atoms with Gasteiger partial charge < -0.3 is 25.2 Å². The molecule has 0 aromatic rings. The van der Waals surface area contributed by atoms with E-state index in [0.29, 0.717) is 0 Å². The van der Waals surface area contributed by atoms with Gasteiger partial charge in [-0.05, 0) is 6.92 Å². The summed E-state index contributed by atoms with van der Waals surface area (Å²) >= 11 is 0. The van der Waals surface area contributed by atoms with Crippen LogP contribution < -0.4 is 5.73 Å². The van der Waals surface area contributed by atoms with Crippen molar-refractivity contribution in [3.05, 3.63) is 0 Å².